The molecule has 0 bridgehead atoms. The molecule has 0 aromatic carbocycles. The molecular formula is C11H18OS2. The SMILES string of the molecule is CSC(=O)SC1C=C(C)CC(C)(C)C1. The summed E-state index contributed by atoms with van der Waals surface area (Å²) in [6, 6.07) is 0. The van der Waals surface area contributed by atoms with Crippen LogP contribution in [0.1, 0.15) is 33.6 Å². The van der Waals surface area contributed by atoms with E-state index in [2.05, 4.69) is 26.8 Å². The van der Waals surface area contributed by atoms with Crippen LogP contribution in [-0.2, 0) is 0 Å². The third-order valence-electron chi connectivity index (χ3n) is 2.40. The van der Waals surface area contributed by atoms with Gasteiger partial charge in [0.05, 0.1) is 0 Å². The molecule has 14 heavy (non-hydrogen) atoms. The topological polar surface area (TPSA) is 17.1 Å². The molecule has 3 heteroatoms. The van der Waals surface area contributed by atoms with Gasteiger partial charge in [0, 0.05) is 5.25 Å². The standard InChI is InChI=1S/C11H18OS2/c1-8-5-9(14-10(12)13-4)7-11(2,3)6-8/h5,9H,6-7H2,1-4H3. The molecule has 0 aromatic rings. The summed E-state index contributed by atoms with van der Waals surface area (Å²) in [6.07, 6.45) is 6.38. The molecule has 0 saturated heterocycles. The lowest BCUT2D eigenvalue weighted by atomic mass is 9.77. The Morgan fingerprint density at radius 2 is 2.21 bits per heavy atom. The third kappa shape index (κ3) is 3.70. The van der Waals surface area contributed by atoms with E-state index in [0.29, 0.717) is 10.7 Å². The molecule has 0 amide bonds. The van der Waals surface area contributed by atoms with Crippen molar-refractivity contribution in [3.63, 3.8) is 0 Å². The first kappa shape index (κ1) is 12.2. The van der Waals surface area contributed by atoms with Crippen molar-refractivity contribution in [2.24, 2.45) is 5.41 Å². The van der Waals surface area contributed by atoms with Gasteiger partial charge in [-0.05, 0) is 31.4 Å². The number of carbonyl (C=O) groups is 1. The Kier molecular flexibility index (Phi) is 4.14. The molecule has 0 saturated carbocycles. The van der Waals surface area contributed by atoms with E-state index in [1.54, 1.807) is 0 Å². The summed E-state index contributed by atoms with van der Waals surface area (Å²) in [7, 11) is 0. The van der Waals surface area contributed by atoms with E-state index >= 15 is 0 Å². The molecule has 1 nitrogen and oxygen atoms in total. The van der Waals surface area contributed by atoms with Gasteiger partial charge in [-0.25, -0.2) is 0 Å². The molecule has 0 N–H and O–H groups in total. The van der Waals surface area contributed by atoms with Crippen LogP contribution in [0, 0.1) is 5.41 Å². The van der Waals surface area contributed by atoms with Crippen LogP contribution in [0.3, 0.4) is 0 Å². The Morgan fingerprint density at radius 1 is 1.57 bits per heavy atom. The summed E-state index contributed by atoms with van der Waals surface area (Å²) in [5.74, 6) is 0. The molecule has 0 aliphatic heterocycles. The Balaban J connectivity index is 2.62. The predicted molar refractivity (Wildman–Crippen MR) is 67.1 cm³/mol. The maximum atomic E-state index is 11.3. The van der Waals surface area contributed by atoms with Crippen LogP contribution < -0.4 is 0 Å². The van der Waals surface area contributed by atoms with Crippen LogP contribution in [-0.4, -0.2) is 16.0 Å². The van der Waals surface area contributed by atoms with Gasteiger partial charge in [0.25, 0.3) is 0 Å². The summed E-state index contributed by atoms with van der Waals surface area (Å²) < 4.78 is 0.233. The first-order valence-electron chi connectivity index (χ1n) is 4.85. The molecule has 0 radical (unpaired) electrons. The second-order valence-electron chi connectivity index (χ2n) is 4.67. The molecular weight excluding hydrogens is 212 g/mol. The van der Waals surface area contributed by atoms with Gasteiger partial charge in [-0.15, -0.1) is 0 Å². The highest BCUT2D eigenvalue weighted by atomic mass is 32.2. The van der Waals surface area contributed by atoms with Crippen molar-refractivity contribution in [1.82, 2.24) is 0 Å². The monoisotopic (exact) mass is 230 g/mol. The van der Waals surface area contributed by atoms with Gasteiger partial charge in [-0.3, -0.25) is 4.79 Å². The molecule has 0 heterocycles. The lowest BCUT2D eigenvalue weighted by molar-refractivity contribution is 0.276. The first-order chi connectivity index (χ1) is 6.43. The van der Waals surface area contributed by atoms with E-state index in [1.165, 1.54) is 29.1 Å². The zero-order chi connectivity index (χ0) is 10.8. The minimum Gasteiger partial charge on any atom is -0.274 e. The highest BCUT2D eigenvalue weighted by molar-refractivity contribution is 8.38. The van der Waals surface area contributed by atoms with Gasteiger partial charge in [0.15, 0.2) is 0 Å². The van der Waals surface area contributed by atoms with Gasteiger partial charge < -0.3 is 0 Å². The van der Waals surface area contributed by atoms with E-state index in [4.69, 9.17) is 0 Å². The van der Waals surface area contributed by atoms with E-state index in [9.17, 15) is 4.79 Å². The molecule has 0 spiro atoms. The van der Waals surface area contributed by atoms with E-state index in [-0.39, 0.29) is 4.45 Å². The molecule has 1 aliphatic carbocycles. The molecule has 0 aromatic heterocycles. The van der Waals surface area contributed by atoms with Gasteiger partial charge in [-0.2, -0.15) is 0 Å². The van der Waals surface area contributed by atoms with Crippen LogP contribution in [0.5, 0.6) is 0 Å². The fourth-order valence-electron chi connectivity index (χ4n) is 2.05. The van der Waals surface area contributed by atoms with Crippen molar-refractivity contribution < 1.29 is 4.79 Å². The lowest BCUT2D eigenvalue weighted by Gasteiger charge is -2.33. The van der Waals surface area contributed by atoms with Gasteiger partial charge in [0.1, 0.15) is 0 Å². The highest BCUT2D eigenvalue weighted by Gasteiger charge is 2.28. The number of thioether (sulfide) groups is 2. The van der Waals surface area contributed by atoms with E-state index in [0.717, 1.165) is 12.8 Å². The molecule has 80 valence electrons. The summed E-state index contributed by atoms with van der Waals surface area (Å²) in [5.41, 5.74) is 1.78. The molecule has 1 atom stereocenters. The second kappa shape index (κ2) is 4.75. The molecule has 1 aliphatic rings. The Bertz CT molecular complexity index is 256. The predicted octanol–water partition coefficient (Wildman–Crippen LogP) is 4.34. The minimum atomic E-state index is 0.233. The van der Waals surface area contributed by atoms with Crippen molar-refractivity contribution in [3.05, 3.63) is 11.6 Å². The van der Waals surface area contributed by atoms with Gasteiger partial charge in [-0.1, -0.05) is 49.0 Å². The zero-order valence-electron chi connectivity index (χ0n) is 9.29. The molecule has 1 unspecified atom stereocenters. The summed E-state index contributed by atoms with van der Waals surface area (Å²) in [5, 5.41) is 0.388. The average molecular weight is 230 g/mol. The summed E-state index contributed by atoms with van der Waals surface area (Å²) in [6.45, 7) is 6.72. The van der Waals surface area contributed by atoms with Gasteiger partial charge in [0.2, 0.25) is 4.45 Å². The quantitative estimate of drug-likeness (QED) is 0.624. The maximum absolute atomic E-state index is 11.3. The van der Waals surface area contributed by atoms with Crippen molar-refractivity contribution >= 4 is 28.0 Å². The first-order valence-corrected chi connectivity index (χ1v) is 6.95. The van der Waals surface area contributed by atoms with Crippen molar-refractivity contribution in [3.8, 4) is 0 Å². The second-order valence-corrected chi connectivity index (χ2v) is 6.92. The van der Waals surface area contributed by atoms with Crippen LogP contribution in [0.2, 0.25) is 0 Å². The van der Waals surface area contributed by atoms with Crippen LogP contribution in [0.4, 0.5) is 4.79 Å². The van der Waals surface area contributed by atoms with E-state index < -0.39 is 0 Å². The van der Waals surface area contributed by atoms with E-state index in [1.807, 2.05) is 6.26 Å². The van der Waals surface area contributed by atoms with Gasteiger partial charge >= 0.3 is 0 Å². The smallest absolute Gasteiger partial charge is 0.246 e. The normalized spacial score (nSPS) is 25.7. The van der Waals surface area contributed by atoms with Crippen molar-refractivity contribution in [1.29, 1.82) is 0 Å². The number of hydrogen-bond donors (Lipinski definition) is 0. The lowest BCUT2D eigenvalue weighted by Crippen LogP contribution is -2.23. The largest absolute Gasteiger partial charge is 0.274 e. The van der Waals surface area contributed by atoms with Crippen molar-refractivity contribution in [2.45, 2.75) is 38.9 Å². The fourth-order valence-corrected chi connectivity index (χ4v) is 3.89. The van der Waals surface area contributed by atoms with Crippen LogP contribution >= 0.6 is 23.5 Å². The zero-order valence-corrected chi connectivity index (χ0v) is 10.9. The van der Waals surface area contributed by atoms with Crippen molar-refractivity contribution in [2.75, 3.05) is 6.26 Å². The summed E-state index contributed by atoms with van der Waals surface area (Å²) >= 11 is 2.79. The Morgan fingerprint density at radius 3 is 2.71 bits per heavy atom. The Labute approximate surface area is 95.1 Å². The average Bonchev–Trinajstić information content (AvgIpc) is 1.99. The fraction of sp³-hybridized carbons (Fsp3) is 0.727. The third-order valence-corrected chi connectivity index (χ3v) is 4.32. The maximum Gasteiger partial charge on any atom is 0.246 e. The minimum absolute atomic E-state index is 0.233. The van der Waals surface area contributed by atoms with Crippen LogP contribution in [0.25, 0.3) is 0 Å². The number of hydrogen-bond acceptors (Lipinski definition) is 3. The number of carbonyl (C=O) groups excluding carboxylic acids is 1. The summed E-state index contributed by atoms with van der Waals surface area (Å²) in [4.78, 5) is 11.3. The molecule has 0 fully saturated rings. The highest BCUT2D eigenvalue weighted by Crippen LogP contribution is 2.40. The molecule has 1 rings (SSSR count). The number of rotatable bonds is 1. The van der Waals surface area contributed by atoms with Crippen LogP contribution in [0.15, 0.2) is 11.6 Å². The number of allylic oxidation sites excluding steroid dienone is 1. The Hall–Kier alpha value is 0.110.